The highest BCUT2D eigenvalue weighted by atomic mass is 32.1. The normalized spacial score (nSPS) is 9.83. The Morgan fingerprint density at radius 1 is 0.944 bits per heavy atom. The zero-order valence-corrected chi connectivity index (χ0v) is 10.6. The molecule has 4 nitrogen and oxygen atoms in total. The summed E-state index contributed by atoms with van der Waals surface area (Å²) >= 11 is 1.38. The minimum atomic E-state index is -0.336. The van der Waals surface area contributed by atoms with Gasteiger partial charge in [0, 0.05) is 10.4 Å². The van der Waals surface area contributed by atoms with Gasteiger partial charge >= 0.3 is 0 Å². The number of nitrogens with one attached hydrogen (secondary N) is 2. The Labute approximate surface area is 109 Å². The molecule has 0 radical (unpaired) electrons. The zero-order chi connectivity index (χ0) is 13.0. The molecule has 0 saturated heterocycles. The number of carbonyl (C=O) groups is 2. The van der Waals surface area contributed by atoms with Gasteiger partial charge in [0.2, 0.25) is 0 Å². The molecule has 0 fully saturated rings. The molecule has 1 aromatic carbocycles. The highest BCUT2D eigenvalue weighted by Crippen LogP contribution is 2.14. The molecule has 0 unspecified atom stereocenters. The fraction of sp³-hybridized carbons (Fsp3) is 0.0769. The van der Waals surface area contributed by atoms with Gasteiger partial charge in [0.1, 0.15) is 0 Å². The van der Waals surface area contributed by atoms with Crippen molar-refractivity contribution in [3.8, 4) is 0 Å². The van der Waals surface area contributed by atoms with E-state index in [9.17, 15) is 9.59 Å². The molecule has 2 N–H and O–H groups in total. The van der Waals surface area contributed by atoms with E-state index >= 15 is 0 Å². The van der Waals surface area contributed by atoms with Crippen LogP contribution in [0, 0.1) is 6.92 Å². The van der Waals surface area contributed by atoms with Crippen molar-refractivity contribution in [3.63, 3.8) is 0 Å². The molecule has 1 aromatic heterocycles. The van der Waals surface area contributed by atoms with Crippen molar-refractivity contribution in [1.82, 2.24) is 10.9 Å². The minimum absolute atomic E-state index is 0.308. The fourth-order valence-corrected chi connectivity index (χ4v) is 2.16. The molecule has 1 heterocycles. The van der Waals surface area contributed by atoms with Crippen molar-refractivity contribution >= 4 is 23.2 Å². The van der Waals surface area contributed by atoms with Crippen LogP contribution in [0.1, 0.15) is 24.9 Å². The monoisotopic (exact) mass is 260 g/mol. The van der Waals surface area contributed by atoms with E-state index in [1.807, 2.05) is 19.1 Å². The lowest BCUT2D eigenvalue weighted by Crippen LogP contribution is -2.41. The van der Waals surface area contributed by atoms with Gasteiger partial charge in [0.05, 0.1) is 4.88 Å². The van der Waals surface area contributed by atoms with E-state index in [1.54, 1.807) is 30.3 Å². The summed E-state index contributed by atoms with van der Waals surface area (Å²) in [4.78, 5) is 25.0. The smallest absolute Gasteiger partial charge is 0.267 e. The molecule has 2 rings (SSSR count). The summed E-state index contributed by atoms with van der Waals surface area (Å²) < 4.78 is 0. The minimum Gasteiger partial charge on any atom is -0.267 e. The average Bonchev–Trinajstić information content (AvgIpc) is 2.83. The SMILES string of the molecule is Cc1ccc(C(=O)NNC(=O)c2ccccc2)s1. The lowest BCUT2D eigenvalue weighted by atomic mass is 10.2. The van der Waals surface area contributed by atoms with Crippen molar-refractivity contribution in [3.05, 3.63) is 57.8 Å². The molecule has 0 atom stereocenters. The maximum atomic E-state index is 11.7. The first-order chi connectivity index (χ1) is 8.66. The third kappa shape index (κ3) is 2.95. The number of hydrogen-bond acceptors (Lipinski definition) is 3. The molecule has 92 valence electrons. The van der Waals surface area contributed by atoms with Gasteiger partial charge < -0.3 is 0 Å². The standard InChI is InChI=1S/C13H12N2O2S/c1-9-7-8-11(18-9)13(17)15-14-12(16)10-5-3-2-4-6-10/h2-8H,1H3,(H,14,16)(H,15,17). The maximum absolute atomic E-state index is 11.7. The summed E-state index contributed by atoms with van der Waals surface area (Å²) in [5.41, 5.74) is 5.26. The molecular formula is C13H12N2O2S. The number of rotatable bonds is 2. The van der Waals surface area contributed by atoms with E-state index in [2.05, 4.69) is 10.9 Å². The largest absolute Gasteiger partial charge is 0.279 e. The molecule has 0 saturated carbocycles. The molecule has 18 heavy (non-hydrogen) atoms. The fourth-order valence-electron chi connectivity index (χ4n) is 1.39. The van der Waals surface area contributed by atoms with Gasteiger partial charge in [-0.05, 0) is 31.2 Å². The van der Waals surface area contributed by atoms with Gasteiger partial charge in [0.25, 0.3) is 11.8 Å². The van der Waals surface area contributed by atoms with Crippen LogP contribution in [0.15, 0.2) is 42.5 Å². The van der Waals surface area contributed by atoms with Crippen LogP contribution >= 0.6 is 11.3 Å². The second kappa shape index (κ2) is 5.46. The molecule has 2 aromatic rings. The molecule has 0 spiro atoms. The van der Waals surface area contributed by atoms with E-state index < -0.39 is 0 Å². The highest BCUT2D eigenvalue weighted by Gasteiger charge is 2.09. The number of hydrazine groups is 1. The zero-order valence-electron chi connectivity index (χ0n) is 9.77. The molecule has 0 aliphatic carbocycles. The van der Waals surface area contributed by atoms with Gasteiger partial charge in [-0.3, -0.25) is 20.4 Å². The molecule has 2 amide bonds. The number of thiophene rings is 1. The Hall–Kier alpha value is -2.14. The summed E-state index contributed by atoms with van der Waals surface area (Å²) in [6.07, 6.45) is 0. The maximum Gasteiger partial charge on any atom is 0.279 e. The quantitative estimate of drug-likeness (QED) is 0.813. The molecule has 0 bridgehead atoms. The topological polar surface area (TPSA) is 58.2 Å². The highest BCUT2D eigenvalue weighted by molar-refractivity contribution is 7.13. The summed E-state index contributed by atoms with van der Waals surface area (Å²) in [6, 6.07) is 12.3. The molecule has 0 aliphatic rings. The van der Waals surface area contributed by atoms with Crippen molar-refractivity contribution < 1.29 is 9.59 Å². The first kappa shape index (κ1) is 12.3. The van der Waals surface area contributed by atoms with Crippen molar-refractivity contribution in [2.45, 2.75) is 6.92 Å². The first-order valence-corrected chi connectivity index (χ1v) is 6.20. The Morgan fingerprint density at radius 3 is 2.22 bits per heavy atom. The van der Waals surface area contributed by atoms with Crippen LogP contribution in [-0.2, 0) is 0 Å². The number of carbonyl (C=O) groups excluding carboxylic acids is 2. The van der Waals surface area contributed by atoms with Crippen molar-refractivity contribution in [2.24, 2.45) is 0 Å². The molecular weight excluding hydrogens is 248 g/mol. The van der Waals surface area contributed by atoms with E-state index in [-0.39, 0.29) is 11.8 Å². The number of amides is 2. The second-order valence-electron chi connectivity index (χ2n) is 3.68. The van der Waals surface area contributed by atoms with E-state index in [1.165, 1.54) is 11.3 Å². The Morgan fingerprint density at radius 2 is 1.61 bits per heavy atom. The number of hydrogen-bond donors (Lipinski definition) is 2. The van der Waals surface area contributed by atoms with E-state index in [0.717, 1.165) is 4.88 Å². The van der Waals surface area contributed by atoms with Gasteiger partial charge in [-0.1, -0.05) is 18.2 Å². The van der Waals surface area contributed by atoms with E-state index in [4.69, 9.17) is 0 Å². The van der Waals surface area contributed by atoms with Gasteiger partial charge in [-0.25, -0.2) is 0 Å². The summed E-state index contributed by atoms with van der Waals surface area (Å²) in [5.74, 6) is -0.644. The Balaban J connectivity index is 1.92. The third-order valence-corrected chi connectivity index (χ3v) is 3.29. The van der Waals surface area contributed by atoms with Crippen LogP contribution in [0.4, 0.5) is 0 Å². The average molecular weight is 260 g/mol. The predicted octanol–water partition coefficient (Wildman–Crippen LogP) is 2.13. The number of benzene rings is 1. The second-order valence-corrected chi connectivity index (χ2v) is 4.97. The van der Waals surface area contributed by atoms with Crippen LogP contribution in [-0.4, -0.2) is 11.8 Å². The van der Waals surface area contributed by atoms with Crippen LogP contribution in [0.2, 0.25) is 0 Å². The number of aryl methyl sites for hydroxylation is 1. The van der Waals surface area contributed by atoms with Gasteiger partial charge in [-0.15, -0.1) is 11.3 Å². The summed E-state index contributed by atoms with van der Waals surface area (Å²) in [5, 5.41) is 0. The summed E-state index contributed by atoms with van der Waals surface area (Å²) in [7, 11) is 0. The van der Waals surface area contributed by atoms with Crippen LogP contribution in [0.25, 0.3) is 0 Å². The lowest BCUT2D eigenvalue weighted by molar-refractivity contribution is 0.0849. The van der Waals surface area contributed by atoms with Crippen molar-refractivity contribution in [2.75, 3.05) is 0 Å². The van der Waals surface area contributed by atoms with Gasteiger partial charge in [0.15, 0.2) is 0 Å². The molecule has 5 heteroatoms. The summed E-state index contributed by atoms with van der Waals surface area (Å²) in [6.45, 7) is 1.92. The Kier molecular flexibility index (Phi) is 3.74. The molecule has 0 aliphatic heterocycles. The van der Waals surface area contributed by atoms with Crippen molar-refractivity contribution in [1.29, 1.82) is 0 Å². The first-order valence-electron chi connectivity index (χ1n) is 5.39. The van der Waals surface area contributed by atoms with Crippen LogP contribution in [0.3, 0.4) is 0 Å². The van der Waals surface area contributed by atoms with E-state index in [0.29, 0.717) is 10.4 Å². The predicted molar refractivity (Wildman–Crippen MR) is 70.4 cm³/mol. The lowest BCUT2D eigenvalue weighted by Gasteiger charge is -2.05. The van der Waals surface area contributed by atoms with Crippen LogP contribution in [0.5, 0.6) is 0 Å². The van der Waals surface area contributed by atoms with Gasteiger partial charge in [-0.2, -0.15) is 0 Å². The Bertz CT molecular complexity index is 563. The van der Waals surface area contributed by atoms with Crippen LogP contribution < -0.4 is 10.9 Å². The third-order valence-electron chi connectivity index (χ3n) is 2.29.